The predicted octanol–water partition coefficient (Wildman–Crippen LogP) is 8.24. The number of ketones is 1. The van der Waals surface area contributed by atoms with Gasteiger partial charge in [-0.05, 0) is 54.2 Å². The standard InChI is InChI=1S/C33H45IN2O3/c1-4-6-21-35(22-7-5-2)32(37)25-36-24-30(29-19-18-28(39-3)23-31(29)36)33(38)27-16-14-26(15-17-27)13-11-9-8-10-12-20-34/h14-19,23-24H,4-13,20-22,25H2,1-3H3. The number of hydrogen-bond acceptors (Lipinski definition) is 3. The van der Waals surface area contributed by atoms with Gasteiger partial charge in [0, 0.05) is 41.9 Å². The molecular weight excluding hydrogens is 599 g/mol. The van der Waals surface area contributed by atoms with Gasteiger partial charge in [0.05, 0.1) is 12.6 Å². The summed E-state index contributed by atoms with van der Waals surface area (Å²) in [6.07, 6.45) is 13.4. The summed E-state index contributed by atoms with van der Waals surface area (Å²) in [5.41, 5.74) is 3.42. The summed E-state index contributed by atoms with van der Waals surface area (Å²) in [4.78, 5) is 29.0. The number of halogens is 1. The third kappa shape index (κ3) is 9.09. The Hall–Kier alpha value is -2.35. The van der Waals surface area contributed by atoms with Gasteiger partial charge in [-0.25, -0.2) is 0 Å². The molecule has 1 aromatic heterocycles. The number of benzene rings is 2. The zero-order chi connectivity index (χ0) is 28.0. The summed E-state index contributed by atoms with van der Waals surface area (Å²) in [6, 6.07) is 13.8. The largest absolute Gasteiger partial charge is 0.497 e. The first kappa shape index (κ1) is 31.2. The number of nitrogens with zero attached hydrogens (tertiary/aromatic N) is 2. The highest BCUT2D eigenvalue weighted by atomic mass is 127. The van der Waals surface area contributed by atoms with Crippen LogP contribution >= 0.6 is 22.6 Å². The second kappa shape index (κ2) is 16.7. The van der Waals surface area contributed by atoms with Crippen molar-refractivity contribution in [2.45, 2.75) is 84.6 Å². The molecule has 0 unspecified atom stereocenters. The maximum absolute atomic E-state index is 13.7. The Morgan fingerprint density at radius 2 is 1.54 bits per heavy atom. The van der Waals surface area contributed by atoms with E-state index in [1.165, 1.54) is 42.1 Å². The lowest BCUT2D eigenvalue weighted by atomic mass is 9.99. The van der Waals surface area contributed by atoms with Crippen molar-refractivity contribution in [3.63, 3.8) is 0 Å². The van der Waals surface area contributed by atoms with E-state index in [1.807, 2.05) is 46.0 Å². The van der Waals surface area contributed by atoms with E-state index in [9.17, 15) is 9.59 Å². The number of ether oxygens (including phenoxy) is 1. The lowest BCUT2D eigenvalue weighted by Gasteiger charge is -2.23. The molecule has 0 spiro atoms. The molecule has 212 valence electrons. The molecule has 0 saturated heterocycles. The molecule has 1 heterocycles. The van der Waals surface area contributed by atoms with Crippen molar-refractivity contribution < 1.29 is 14.3 Å². The molecule has 2 aromatic carbocycles. The molecule has 0 aliphatic heterocycles. The Morgan fingerprint density at radius 3 is 2.18 bits per heavy atom. The van der Waals surface area contributed by atoms with Gasteiger partial charge in [-0.1, -0.05) is 92.8 Å². The Bertz CT molecular complexity index is 1180. The first-order valence-electron chi connectivity index (χ1n) is 14.7. The molecule has 0 saturated carbocycles. The molecule has 0 N–H and O–H groups in total. The number of unbranched alkanes of at least 4 members (excludes halogenated alkanes) is 6. The SMILES string of the molecule is CCCCN(CCCC)C(=O)Cn1cc(C(=O)c2ccc(CCCCCCCI)cc2)c2ccc(OC)cc21. The second-order valence-corrected chi connectivity index (χ2v) is 11.5. The highest BCUT2D eigenvalue weighted by Gasteiger charge is 2.20. The number of aromatic nitrogens is 1. The van der Waals surface area contributed by atoms with Crippen molar-refractivity contribution in [2.24, 2.45) is 0 Å². The summed E-state index contributed by atoms with van der Waals surface area (Å²) >= 11 is 2.44. The topological polar surface area (TPSA) is 51.5 Å². The summed E-state index contributed by atoms with van der Waals surface area (Å²) in [6.45, 7) is 6.05. The Balaban J connectivity index is 1.79. The Kier molecular flexibility index (Phi) is 13.3. The van der Waals surface area contributed by atoms with Gasteiger partial charge in [-0.15, -0.1) is 0 Å². The van der Waals surface area contributed by atoms with E-state index < -0.39 is 0 Å². The number of alkyl halides is 1. The second-order valence-electron chi connectivity index (χ2n) is 10.4. The summed E-state index contributed by atoms with van der Waals surface area (Å²) in [5.74, 6) is 0.783. The normalized spacial score (nSPS) is 11.2. The molecule has 39 heavy (non-hydrogen) atoms. The molecule has 1 amide bonds. The van der Waals surface area contributed by atoms with E-state index in [0.29, 0.717) is 16.9 Å². The Labute approximate surface area is 248 Å². The minimum atomic E-state index is -0.0180. The number of aryl methyl sites for hydroxylation is 1. The monoisotopic (exact) mass is 644 g/mol. The van der Waals surface area contributed by atoms with Crippen LogP contribution in [0.4, 0.5) is 0 Å². The predicted molar refractivity (Wildman–Crippen MR) is 170 cm³/mol. The Morgan fingerprint density at radius 1 is 0.872 bits per heavy atom. The van der Waals surface area contributed by atoms with E-state index in [-0.39, 0.29) is 18.2 Å². The van der Waals surface area contributed by atoms with Crippen molar-refractivity contribution in [3.8, 4) is 5.75 Å². The van der Waals surface area contributed by atoms with Crippen LogP contribution in [0.5, 0.6) is 5.75 Å². The molecule has 0 fully saturated rings. The molecule has 3 aromatic rings. The van der Waals surface area contributed by atoms with Gasteiger partial charge in [0.1, 0.15) is 12.3 Å². The van der Waals surface area contributed by atoms with Gasteiger partial charge in [0.2, 0.25) is 5.91 Å². The number of carbonyl (C=O) groups excluding carboxylic acids is 2. The summed E-state index contributed by atoms with van der Waals surface area (Å²) in [7, 11) is 1.63. The van der Waals surface area contributed by atoms with Gasteiger partial charge < -0.3 is 14.2 Å². The average Bonchev–Trinajstić information content (AvgIpc) is 3.32. The van der Waals surface area contributed by atoms with Crippen LogP contribution < -0.4 is 4.74 Å². The van der Waals surface area contributed by atoms with Crippen molar-refractivity contribution in [1.82, 2.24) is 9.47 Å². The molecule has 5 nitrogen and oxygen atoms in total. The van der Waals surface area contributed by atoms with Crippen LogP contribution in [0.3, 0.4) is 0 Å². The van der Waals surface area contributed by atoms with Crippen molar-refractivity contribution in [2.75, 3.05) is 24.6 Å². The molecule has 0 aliphatic rings. The zero-order valence-electron chi connectivity index (χ0n) is 24.0. The number of fused-ring (bicyclic) bond motifs is 1. The van der Waals surface area contributed by atoms with E-state index in [1.54, 1.807) is 7.11 Å². The first-order valence-corrected chi connectivity index (χ1v) is 16.2. The average molecular weight is 645 g/mol. The fourth-order valence-electron chi connectivity index (χ4n) is 4.95. The number of amides is 1. The van der Waals surface area contributed by atoms with Crippen molar-refractivity contribution in [1.29, 1.82) is 0 Å². The number of methoxy groups -OCH3 is 1. The van der Waals surface area contributed by atoms with E-state index in [2.05, 4.69) is 48.6 Å². The molecule has 0 radical (unpaired) electrons. The first-order chi connectivity index (χ1) is 19.0. The van der Waals surface area contributed by atoms with Crippen LogP contribution in [0.15, 0.2) is 48.7 Å². The van der Waals surface area contributed by atoms with Gasteiger partial charge in [-0.3, -0.25) is 9.59 Å². The lowest BCUT2D eigenvalue weighted by Crippen LogP contribution is -2.35. The molecule has 3 rings (SSSR count). The maximum Gasteiger partial charge on any atom is 0.242 e. The molecule has 6 heteroatoms. The van der Waals surface area contributed by atoms with Crippen LogP contribution in [-0.2, 0) is 17.8 Å². The molecular formula is C33H45IN2O3. The number of carbonyl (C=O) groups is 2. The van der Waals surface area contributed by atoms with Crippen molar-refractivity contribution >= 4 is 45.2 Å². The minimum absolute atomic E-state index is 0.0180. The van der Waals surface area contributed by atoms with Crippen LogP contribution in [0.25, 0.3) is 10.9 Å². The third-order valence-electron chi connectivity index (χ3n) is 7.37. The van der Waals surface area contributed by atoms with Crippen molar-refractivity contribution in [3.05, 3.63) is 65.4 Å². The summed E-state index contributed by atoms with van der Waals surface area (Å²) < 4.78 is 8.63. The molecule has 0 aliphatic carbocycles. The fourth-order valence-corrected chi connectivity index (χ4v) is 5.49. The van der Waals surface area contributed by atoms with Gasteiger partial charge in [0.15, 0.2) is 5.78 Å². The summed E-state index contributed by atoms with van der Waals surface area (Å²) in [5, 5.41) is 0.845. The molecule has 0 bridgehead atoms. The highest BCUT2D eigenvalue weighted by molar-refractivity contribution is 14.1. The zero-order valence-corrected chi connectivity index (χ0v) is 26.2. The molecule has 0 atom stereocenters. The third-order valence-corrected chi connectivity index (χ3v) is 8.13. The quantitative estimate of drug-likeness (QED) is 0.0607. The van der Waals surface area contributed by atoms with Gasteiger partial charge in [-0.2, -0.15) is 0 Å². The number of hydrogen-bond donors (Lipinski definition) is 0. The fraction of sp³-hybridized carbons (Fsp3) is 0.515. The van der Waals surface area contributed by atoms with E-state index in [0.717, 1.165) is 56.1 Å². The minimum Gasteiger partial charge on any atom is -0.497 e. The van der Waals surface area contributed by atoms with E-state index >= 15 is 0 Å². The van der Waals surface area contributed by atoms with Crippen LogP contribution in [-0.4, -0.2) is 45.8 Å². The van der Waals surface area contributed by atoms with Gasteiger partial charge >= 0.3 is 0 Å². The van der Waals surface area contributed by atoms with Crippen LogP contribution in [0.1, 0.15) is 93.1 Å². The van der Waals surface area contributed by atoms with Gasteiger partial charge in [0.25, 0.3) is 0 Å². The van der Waals surface area contributed by atoms with E-state index in [4.69, 9.17) is 4.74 Å². The van der Waals surface area contributed by atoms with Crippen LogP contribution in [0, 0.1) is 0 Å². The number of rotatable bonds is 18. The lowest BCUT2D eigenvalue weighted by molar-refractivity contribution is -0.131. The van der Waals surface area contributed by atoms with Crippen LogP contribution in [0.2, 0.25) is 0 Å². The highest BCUT2D eigenvalue weighted by Crippen LogP contribution is 2.28. The smallest absolute Gasteiger partial charge is 0.242 e. The maximum atomic E-state index is 13.7.